The minimum absolute atomic E-state index is 0.0353. The van der Waals surface area contributed by atoms with Gasteiger partial charge in [-0.3, -0.25) is 4.79 Å². The van der Waals surface area contributed by atoms with Gasteiger partial charge in [0.05, 0.1) is 0 Å². The second kappa shape index (κ2) is 8.25. The minimum Gasteiger partial charge on any atom is -0.483 e. The first kappa shape index (κ1) is 16.1. The average molecular weight is 311 g/mol. The van der Waals surface area contributed by atoms with E-state index in [9.17, 15) is 4.79 Å². The summed E-state index contributed by atoms with van der Waals surface area (Å²) in [7, 11) is 1.85. The van der Waals surface area contributed by atoms with Gasteiger partial charge in [0.2, 0.25) is 0 Å². The Labute approximate surface area is 131 Å². The summed E-state index contributed by atoms with van der Waals surface area (Å²) in [6, 6.07) is 5.80. The lowest BCUT2D eigenvalue weighted by Gasteiger charge is -2.22. The molecule has 0 saturated heterocycles. The molecule has 2 rings (SSSR count). The highest BCUT2D eigenvalue weighted by molar-refractivity contribution is 6.31. The van der Waals surface area contributed by atoms with Crippen LogP contribution in [0.5, 0.6) is 5.75 Å². The molecule has 1 aliphatic carbocycles. The molecule has 5 heteroatoms. The quantitative estimate of drug-likeness (QED) is 0.849. The van der Waals surface area contributed by atoms with Crippen LogP contribution >= 0.6 is 11.6 Å². The first-order chi connectivity index (χ1) is 10.2. The summed E-state index contributed by atoms with van der Waals surface area (Å²) in [4.78, 5) is 12.0. The molecule has 0 spiro atoms. The summed E-state index contributed by atoms with van der Waals surface area (Å²) in [5.41, 5.74) is 0.882. The van der Waals surface area contributed by atoms with Crippen molar-refractivity contribution in [1.29, 1.82) is 0 Å². The molecule has 1 fully saturated rings. The van der Waals surface area contributed by atoms with Crippen LogP contribution < -0.4 is 15.4 Å². The van der Waals surface area contributed by atoms with E-state index in [1.165, 1.54) is 19.3 Å². The van der Waals surface area contributed by atoms with E-state index in [-0.39, 0.29) is 12.5 Å². The molecule has 1 aromatic carbocycles. The van der Waals surface area contributed by atoms with Gasteiger partial charge in [-0.1, -0.05) is 36.9 Å². The highest BCUT2D eigenvalue weighted by Crippen LogP contribution is 2.26. The number of benzene rings is 1. The molecule has 0 bridgehead atoms. The lowest BCUT2D eigenvalue weighted by molar-refractivity contribution is -0.124. The van der Waals surface area contributed by atoms with Crippen LogP contribution in [0.3, 0.4) is 0 Å². The van der Waals surface area contributed by atoms with E-state index in [2.05, 4.69) is 10.6 Å². The fourth-order valence-corrected chi connectivity index (χ4v) is 2.91. The molecular formula is C16H23ClN2O2. The molecule has 4 nitrogen and oxygen atoms in total. The highest BCUT2D eigenvalue weighted by atomic mass is 35.5. The maximum Gasteiger partial charge on any atom is 0.258 e. The van der Waals surface area contributed by atoms with Gasteiger partial charge in [0.1, 0.15) is 5.75 Å². The number of hydrogen-bond acceptors (Lipinski definition) is 3. The van der Waals surface area contributed by atoms with Gasteiger partial charge in [-0.25, -0.2) is 0 Å². The topological polar surface area (TPSA) is 50.4 Å². The molecule has 0 aliphatic heterocycles. The van der Waals surface area contributed by atoms with E-state index in [0.717, 1.165) is 18.4 Å². The van der Waals surface area contributed by atoms with Crippen LogP contribution in [0.2, 0.25) is 5.02 Å². The molecule has 0 unspecified atom stereocenters. The largest absolute Gasteiger partial charge is 0.483 e. The number of ether oxygens (including phenoxy) is 1. The molecule has 116 valence electrons. The van der Waals surface area contributed by atoms with Crippen molar-refractivity contribution in [1.82, 2.24) is 10.6 Å². The summed E-state index contributed by atoms with van der Waals surface area (Å²) in [6.07, 6.45) is 5.83. The van der Waals surface area contributed by atoms with Crippen molar-refractivity contribution in [2.75, 3.05) is 13.7 Å². The number of hydrogen-bond donors (Lipinski definition) is 2. The Morgan fingerprint density at radius 2 is 2.10 bits per heavy atom. The van der Waals surface area contributed by atoms with Crippen LogP contribution in [0, 0.1) is 0 Å². The average Bonchev–Trinajstić information content (AvgIpc) is 2.49. The van der Waals surface area contributed by atoms with E-state index < -0.39 is 0 Å². The number of rotatable bonds is 6. The zero-order chi connectivity index (χ0) is 15.1. The summed E-state index contributed by atoms with van der Waals surface area (Å²) >= 11 is 6.16. The van der Waals surface area contributed by atoms with Gasteiger partial charge in [0.15, 0.2) is 6.61 Å². The molecule has 0 aromatic heterocycles. The second-order valence-corrected chi connectivity index (χ2v) is 5.85. The van der Waals surface area contributed by atoms with Gasteiger partial charge in [-0.2, -0.15) is 0 Å². The lowest BCUT2D eigenvalue weighted by atomic mass is 9.95. The van der Waals surface area contributed by atoms with Crippen molar-refractivity contribution in [2.24, 2.45) is 0 Å². The van der Waals surface area contributed by atoms with Crippen molar-refractivity contribution in [2.45, 2.75) is 44.7 Å². The summed E-state index contributed by atoms with van der Waals surface area (Å²) in [5.74, 6) is 0.605. The smallest absolute Gasteiger partial charge is 0.258 e. The molecule has 1 aromatic rings. The SMILES string of the molecule is CNCc1c(Cl)cccc1OCC(=O)NC1CCCCC1. The van der Waals surface area contributed by atoms with Crippen LogP contribution in [-0.4, -0.2) is 25.6 Å². The summed E-state index contributed by atoms with van der Waals surface area (Å²) < 4.78 is 5.64. The third kappa shape index (κ3) is 4.90. The molecule has 2 N–H and O–H groups in total. The minimum atomic E-state index is -0.0581. The van der Waals surface area contributed by atoms with Gasteiger partial charge in [-0.15, -0.1) is 0 Å². The molecule has 1 aliphatic rings. The van der Waals surface area contributed by atoms with Crippen LogP contribution in [0.1, 0.15) is 37.7 Å². The fourth-order valence-electron chi connectivity index (χ4n) is 2.68. The van der Waals surface area contributed by atoms with Crippen molar-refractivity contribution < 1.29 is 9.53 Å². The zero-order valence-corrected chi connectivity index (χ0v) is 13.2. The van der Waals surface area contributed by atoms with Crippen molar-refractivity contribution in [3.05, 3.63) is 28.8 Å². The van der Waals surface area contributed by atoms with E-state index in [4.69, 9.17) is 16.3 Å². The van der Waals surface area contributed by atoms with Crippen LogP contribution in [0.4, 0.5) is 0 Å². The van der Waals surface area contributed by atoms with Gasteiger partial charge in [0, 0.05) is 23.2 Å². The second-order valence-electron chi connectivity index (χ2n) is 5.44. The molecule has 0 radical (unpaired) electrons. The lowest BCUT2D eigenvalue weighted by Crippen LogP contribution is -2.39. The first-order valence-electron chi connectivity index (χ1n) is 7.55. The molecule has 21 heavy (non-hydrogen) atoms. The van der Waals surface area contributed by atoms with Crippen molar-refractivity contribution in [3.63, 3.8) is 0 Å². The van der Waals surface area contributed by atoms with Crippen LogP contribution in [0.25, 0.3) is 0 Å². The molecule has 0 heterocycles. The Hall–Kier alpha value is -1.26. The zero-order valence-electron chi connectivity index (χ0n) is 12.5. The van der Waals surface area contributed by atoms with E-state index in [1.807, 2.05) is 25.2 Å². The summed E-state index contributed by atoms with van der Waals surface area (Å²) in [5, 5.41) is 6.74. The predicted octanol–water partition coefficient (Wildman–Crippen LogP) is 2.89. The number of carbonyl (C=O) groups is 1. The van der Waals surface area contributed by atoms with E-state index >= 15 is 0 Å². The Morgan fingerprint density at radius 3 is 2.81 bits per heavy atom. The Morgan fingerprint density at radius 1 is 1.33 bits per heavy atom. The Balaban J connectivity index is 1.87. The molecular weight excluding hydrogens is 288 g/mol. The van der Waals surface area contributed by atoms with Crippen LogP contribution in [0.15, 0.2) is 18.2 Å². The van der Waals surface area contributed by atoms with Crippen LogP contribution in [-0.2, 0) is 11.3 Å². The Kier molecular flexibility index (Phi) is 6.33. The molecule has 1 saturated carbocycles. The van der Waals surface area contributed by atoms with Crippen molar-refractivity contribution in [3.8, 4) is 5.75 Å². The van der Waals surface area contributed by atoms with Gasteiger partial charge >= 0.3 is 0 Å². The predicted molar refractivity (Wildman–Crippen MR) is 84.7 cm³/mol. The van der Waals surface area contributed by atoms with Gasteiger partial charge < -0.3 is 15.4 Å². The number of nitrogens with one attached hydrogen (secondary N) is 2. The highest BCUT2D eigenvalue weighted by Gasteiger charge is 2.16. The summed E-state index contributed by atoms with van der Waals surface area (Å²) in [6.45, 7) is 0.646. The van der Waals surface area contributed by atoms with E-state index in [0.29, 0.717) is 23.4 Å². The monoisotopic (exact) mass is 310 g/mol. The normalized spacial score (nSPS) is 15.7. The third-order valence-electron chi connectivity index (χ3n) is 3.76. The van der Waals surface area contributed by atoms with Gasteiger partial charge in [-0.05, 0) is 32.0 Å². The third-order valence-corrected chi connectivity index (χ3v) is 4.11. The maximum atomic E-state index is 12.0. The first-order valence-corrected chi connectivity index (χ1v) is 7.92. The maximum absolute atomic E-state index is 12.0. The van der Waals surface area contributed by atoms with Gasteiger partial charge in [0.25, 0.3) is 5.91 Å². The van der Waals surface area contributed by atoms with E-state index in [1.54, 1.807) is 0 Å². The molecule has 0 atom stereocenters. The Bertz CT molecular complexity index is 473. The van der Waals surface area contributed by atoms with Crippen molar-refractivity contribution >= 4 is 17.5 Å². The fraction of sp³-hybridized carbons (Fsp3) is 0.562. The molecule has 1 amide bonds. The standard InChI is InChI=1S/C16H23ClN2O2/c1-18-10-13-14(17)8-5-9-15(13)21-11-16(20)19-12-6-3-2-4-7-12/h5,8-9,12,18H,2-4,6-7,10-11H2,1H3,(H,19,20). The number of halogens is 1. The number of amides is 1. The number of carbonyl (C=O) groups excluding carboxylic acids is 1.